The zero-order valence-electron chi connectivity index (χ0n) is 15.0. The molecule has 0 radical (unpaired) electrons. The van der Waals surface area contributed by atoms with Gasteiger partial charge in [-0.3, -0.25) is 4.79 Å². The van der Waals surface area contributed by atoms with Gasteiger partial charge in [0.1, 0.15) is 0 Å². The Hall–Kier alpha value is -2.69. The average molecular weight is 405 g/mol. The standard InChI is InChI=1S/C23H17ClN2OS/c24-18-11-12-20-19(15-18)22(17-9-5-2-6-10-17)26-23(25-20)28-14-13-21(27)16-7-3-1-4-8-16/h1-12,15H,13-14H2. The molecule has 0 amide bonds. The predicted molar refractivity (Wildman–Crippen MR) is 116 cm³/mol. The Bertz CT molecular complexity index is 1120. The number of carbonyl (C=O) groups is 1. The van der Waals surface area contributed by atoms with Gasteiger partial charge in [0.15, 0.2) is 10.9 Å². The van der Waals surface area contributed by atoms with Gasteiger partial charge in [-0.25, -0.2) is 9.97 Å². The number of rotatable bonds is 6. The summed E-state index contributed by atoms with van der Waals surface area (Å²) in [6, 6.07) is 25.0. The lowest BCUT2D eigenvalue weighted by Crippen LogP contribution is -2.01. The topological polar surface area (TPSA) is 42.9 Å². The first-order chi connectivity index (χ1) is 13.7. The van der Waals surface area contributed by atoms with Crippen molar-refractivity contribution in [2.75, 3.05) is 5.75 Å². The Balaban J connectivity index is 1.59. The van der Waals surface area contributed by atoms with Crippen molar-refractivity contribution in [2.24, 2.45) is 0 Å². The van der Waals surface area contributed by atoms with Crippen molar-refractivity contribution in [1.82, 2.24) is 9.97 Å². The molecule has 1 heterocycles. The highest BCUT2D eigenvalue weighted by Gasteiger charge is 2.12. The van der Waals surface area contributed by atoms with Crippen molar-refractivity contribution in [3.63, 3.8) is 0 Å². The molecule has 5 heteroatoms. The molecule has 0 spiro atoms. The number of benzene rings is 3. The fourth-order valence-electron chi connectivity index (χ4n) is 2.96. The second kappa shape index (κ2) is 8.55. The van der Waals surface area contributed by atoms with Crippen LogP contribution in [0.2, 0.25) is 5.02 Å². The molecule has 0 aliphatic rings. The van der Waals surface area contributed by atoms with Crippen molar-refractivity contribution in [3.05, 3.63) is 89.4 Å². The van der Waals surface area contributed by atoms with E-state index in [9.17, 15) is 4.79 Å². The molecule has 4 aromatic rings. The van der Waals surface area contributed by atoms with Gasteiger partial charge in [0.05, 0.1) is 11.2 Å². The summed E-state index contributed by atoms with van der Waals surface area (Å²) in [7, 11) is 0. The van der Waals surface area contributed by atoms with Crippen LogP contribution in [0.15, 0.2) is 84.0 Å². The largest absolute Gasteiger partial charge is 0.294 e. The van der Waals surface area contributed by atoms with Crippen LogP contribution in [0.3, 0.4) is 0 Å². The third-order valence-electron chi connectivity index (χ3n) is 4.34. The van der Waals surface area contributed by atoms with Crippen LogP contribution in [0.1, 0.15) is 16.8 Å². The third kappa shape index (κ3) is 4.24. The second-order valence-corrected chi connectivity index (χ2v) is 7.77. The summed E-state index contributed by atoms with van der Waals surface area (Å²) in [5.41, 5.74) is 3.45. The Labute approximate surface area is 172 Å². The minimum Gasteiger partial charge on any atom is -0.294 e. The molecule has 0 aliphatic heterocycles. The molecule has 138 valence electrons. The summed E-state index contributed by atoms with van der Waals surface area (Å²) in [6.07, 6.45) is 0.442. The number of thioether (sulfide) groups is 1. The smallest absolute Gasteiger partial charge is 0.188 e. The second-order valence-electron chi connectivity index (χ2n) is 6.27. The van der Waals surface area contributed by atoms with Crippen molar-refractivity contribution < 1.29 is 4.79 Å². The molecule has 28 heavy (non-hydrogen) atoms. The maximum atomic E-state index is 12.3. The highest BCUT2D eigenvalue weighted by molar-refractivity contribution is 7.99. The van der Waals surface area contributed by atoms with Crippen molar-refractivity contribution in [2.45, 2.75) is 11.6 Å². The molecule has 3 nitrogen and oxygen atoms in total. The first-order valence-electron chi connectivity index (χ1n) is 8.94. The van der Waals surface area contributed by atoms with E-state index in [2.05, 4.69) is 4.98 Å². The normalized spacial score (nSPS) is 10.9. The molecule has 1 aromatic heterocycles. The zero-order chi connectivity index (χ0) is 19.3. The van der Waals surface area contributed by atoms with Gasteiger partial charge in [0.2, 0.25) is 0 Å². The van der Waals surface area contributed by atoms with Crippen LogP contribution in [0.4, 0.5) is 0 Å². The number of hydrogen-bond donors (Lipinski definition) is 0. The molecule has 0 saturated heterocycles. The van der Waals surface area contributed by atoms with Crippen LogP contribution in [0.5, 0.6) is 0 Å². The average Bonchev–Trinajstić information content (AvgIpc) is 2.74. The minimum absolute atomic E-state index is 0.129. The number of ketones is 1. The Morgan fingerprint density at radius 3 is 2.36 bits per heavy atom. The van der Waals surface area contributed by atoms with E-state index in [1.54, 1.807) is 0 Å². The third-order valence-corrected chi connectivity index (χ3v) is 5.42. The van der Waals surface area contributed by atoms with Crippen LogP contribution >= 0.6 is 23.4 Å². The van der Waals surface area contributed by atoms with E-state index < -0.39 is 0 Å². The molecule has 0 N–H and O–H groups in total. The lowest BCUT2D eigenvalue weighted by atomic mass is 10.1. The van der Waals surface area contributed by atoms with Gasteiger partial charge < -0.3 is 0 Å². The molecule has 4 rings (SSSR count). The predicted octanol–water partition coefficient (Wildman–Crippen LogP) is 6.32. The summed E-state index contributed by atoms with van der Waals surface area (Å²) in [5, 5.41) is 2.24. The molecule has 0 unspecified atom stereocenters. The van der Waals surface area contributed by atoms with Crippen molar-refractivity contribution in [1.29, 1.82) is 0 Å². The number of Topliss-reactive ketones (excluding diaryl/α,β-unsaturated/α-hetero) is 1. The maximum absolute atomic E-state index is 12.3. The van der Waals surface area contributed by atoms with Crippen LogP contribution < -0.4 is 0 Å². The van der Waals surface area contributed by atoms with E-state index in [-0.39, 0.29) is 5.78 Å². The number of carbonyl (C=O) groups excluding carboxylic acids is 1. The highest BCUT2D eigenvalue weighted by Crippen LogP contribution is 2.30. The molecule has 0 aliphatic carbocycles. The van der Waals surface area contributed by atoms with E-state index >= 15 is 0 Å². The van der Waals surface area contributed by atoms with Gasteiger partial charge in [-0.2, -0.15) is 0 Å². The minimum atomic E-state index is 0.129. The fraction of sp³-hybridized carbons (Fsp3) is 0.0870. The highest BCUT2D eigenvalue weighted by atomic mass is 35.5. The van der Waals surface area contributed by atoms with Gasteiger partial charge in [-0.15, -0.1) is 0 Å². The molecular formula is C23H17ClN2OS. The van der Waals surface area contributed by atoms with E-state index in [0.29, 0.717) is 22.4 Å². The number of hydrogen-bond acceptors (Lipinski definition) is 4. The summed E-state index contributed by atoms with van der Waals surface area (Å²) in [6.45, 7) is 0. The van der Waals surface area contributed by atoms with Crippen LogP contribution in [0, 0.1) is 0 Å². The van der Waals surface area contributed by atoms with Gasteiger partial charge in [0, 0.05) is 33.7 Å². The summed E-state index contributed by atoms with van der Waals surface area (Å²) < 4.78 is 0. The quantitative estimate of drug-likeness (QED) is 0.214. The lowest BCUT2D eigenvalue weighted by Gasteiger charge is -2.09. The van der Waals surface area contributed by atoms with Gasteiger partial charge >= 0.3 is 0 Å². The molecule has 0 atom stereocenters. The van der Waals surface area contributed by atoms with E-state index in [1.165, 1.54) is 11.8 Å². The Morgan fingerprint density at radius 2 is 1.61 bits per heavy atom. The number of halogens is 1. The lowest BCUT2D eigenvalue weighted by molar-refractivity contribution is 0.0989. The van der Waals surface area contributed by atoms with Gasteiger partial charge in [-0.05, 0) is 18.2 Å². The fourth-order valence-corrected chi connectivity index (χ4v) is 3.92. The van der Waals surface area contributed by atoms with Gasteiger partial charge in [-0.1, -0.05) is 84.0 Å². The first-order valence-corrected chi connectivity index (χ1v) is 10.3. The van der Waals surface area contributed by atoms with Crippen LogP contribution in [-0.2, 0) is 0 Å². The monoisotopic (exact) mass is 404 g/mol. The molecular weight excluding hydrogens is 388 g/mol. The SMILES string of the molecule is O=C(CCSc1nc(-c2ccccc2)c2cc(Cl)ccc2n1)c1ccccc1. The zero-order valence-corrected chi connectivity index (χ0v) is 16.6. The van der Waals surface area contributed by atoms with Crippen molar-refractivity contribution >= 4 is 40.0 Å². The molecule has 0 saturated carbocycles. The number of fused-ring (bicyclic) bond motifs is 1. The summed E-state index contributed by atoms with van der Waals surface area (Å²) in [5.74, 6) is 0.755. The molecule has 0 fully saturated rings. The molecule has 3 aromatic carbocycles. The molecule has 0 bridgehead atoms. The Morgan fingerprint density at radius 1 is 0.893 bits per heavy atom. The number of aromatic nitrogens is 2. The van der Waals surface area contributed by atoms with E-state index in [4.69, 9.17) is 16.6 Å². The van der Waals surface area contributed by atoms with E-state index in [0.717, 1.165) is 27.7 Å². The number of nitrogens with zero attached hydrogens (tertiary/aromatic N) is 2. The summed E-state index contributed by atoms with van der Waals surface area (Å²) >= 11 is 7.69. The van der Waals surface area contributed by atoms with Crippen LogP contribution in [-0.4, -0.2) is 21.5 Å². The first kappa shape index (κ1) is 18.7. The van der Waals surface area contributed by atoms with Crippen LogP contribution in [0.25, 0.3) is 22.2 Å². The van der Waals surface area contributed by atoms with Crippen molar-refractivity contribution in [3.8, 4) is 11.3 Å². The Kier molecular flexibility index (Phi) is 5.70. The van der Waals surface area contributed by atoms with E-state index in [1.807, 2.05) is 78.9 Å². The summed E-state index contributed by atoms with van der Waals surface area (Å²) in [4.78, 5) is 21.7. The van der Waals surface area contributed by atoms with Gasteiger partial charge in [0.25, 0.3) is 0 Å². The maximum Gasteiger partial charge on any atom is 0.188 e.